The van der Waals surface area contributed by atoms with E-state index in [9.17, 15) is 4.39 Å². The number of nitriles is 1. The lowest BCUT2D eigenvalue weighted by Crippen LogP contribution is -2.06. The van der Waals surface area contributed by atoms with E-state index in [0.717, 1.165) is 10.9 Å². The highest BCUT2D eigenvalue weighted by atomic mass is 35.5. The summed E-state index contributed by atoms with van der Waals surface area (Å²) in [6, 6.07) is 6.45. The molecule has 0 radical (unpaired) electrons. The Labute approximate surface area is 156 Å². The molecule has 2 aromatic heterocycles. The lowest BCUT2D eigenvalue weighted by molar-refractivity contribution is 0.261. The minimum atomic E-state index is -0.579. The van der Waals surface area contributed by atoms with Crippen molar-refractivity contribution in [3.8, 4) is 23.2 Å². The Morgan fingerprint density at radius 2 is 1.96 bits per heavy atom. The molecule has 6 heteroatoms. The largest absolute Gasteiger partial charge is 0.476 e. The first-order chi connectivity index (χ1) is 12.4. The first kappa shape index (κ1) is 18.1. The van der Waals surface area contributed by atoms with Crippen LogP contribution in [0.15, 0.2) is 30.6 Å². The van der Waals surface area contributed by atoms with Gasteiger partial charge in [-0.1, -0.05) is 25.4 Å². The molecule has 0 aliphatic heterocycles. The zero-order valence-corrected chi connectivity index (χ0v) is 15.4. The van der Waals surface area contributed by atoms with Crippen LogP contribution in [-0.4, -0.2) is 16.6 Å². The molecule has 0 saturated heterocycles. The van der Waals surface area contributed by atoms with Gasteiger partial charge in [-0.3, -0.25) is 4.98 Å². The number of nitrogens with zero attached hydrogens (tertiary/aromatic N) is 3. The highest BCUT2D eigenvalue weighted by molar-refractivity contribution is 6.32. The molecule has 1 aromatic carbocycles. The average molecular weight is 370 g/mol. The van der Waals surface area contributed by atoms with E-state index >= 15 is 0 Å². The van der Waals surface area contributed by atoms with E-state index in [1.54, 1.807) is 24.5 Å². The molecule has 0 aliphatic carbocycles. The molecule has 0 N–H and O–H groups in total. The summed E-state index contributed by atoms with van der Waals surface area (Å²) in [6.45, 7) is 6.45. The molecule has 0 amide bonds. The lowest BCUT2D eigenvalue weighted by Gasteiger charge is -2.12. The van der Waals surface area contributed by atoms with Gasteiger partial charge in [-0.15, -0.1) is 0 Å². The molecule has 0 atom stereocenters. The van der Waals surface area contributed by atoms with Crippen molar-refractivity contribution in [2.45, 2.75) is 20.8 Å². The number of fused-ring (bicyclic) bond motifs is 1. The summed E-state index contributed by atoms with van der Waals surface area (Å²) in [5.74, 6) is 0.135. The zero-order valence-electron chi connectivity index (χ0n) is 14.7. The normalized spacial score (nSPS) is 11.0. The second-order valence-corrected chi connectivity index (χ2v) is 6.90. The van der Waals surface area contributed by atoms with Crippen molar-refractivity contribution < 1.29 is 9.13 Å². The molecule has 132 valence electrons. The van der Waals surface area contributed by atoms with Crippen molar-refractivity contribution in [2.75, 3.05) is 6.61 Å². The summed E-state index contributed by atoms with van der Waals surface area (Å²) in [7, 11) is 0. The Morgan fingerprint density at radius 1 is 1.19 bits per heavy atom. The van der Waals surface area contributed by atoms with Crippen molar-refractivity contribution in [3.63, 3.8) is 0 Å². The van der Waals surface area contributed by atoms with Gasteiger partial charge >= 0.3 is 0 Å². The Kier molecular flexibility index (Phi) is 5.06. The number of halogens is 2. The molecule has 4 nitrogen and oxygen atoms in total. The fourth-order valence-electron chi connectivity index (χ4n) is 2.62. The van der Waals surface area contributed by atoms with E-state index in [-0.39, 0.29) is 5.56 Å². The fraction of sp³-hybridized carbons (Fsp3) is 0.250. The third-order valence-electron chi connectivity index (χ3n) is 3.93. The Morgan fingerprint density at radius 3 is 2.62 bits per heavy atom. The summed E-state index contributed by atoms with van der Waals surface area (Å²) < 4.78 is 19.7. The van der Waals surface area contributed by atoms with Crippen LogP contribution < -0.4 is 4.74 Å². The van der Waals surface area contributed by atoms with Gasteiger partial charge in [-0.05, 0) is 42.0 Å². The van der Waals surface area contributed by atoms with Crippen LogP contribution in [0.25, 0.3) is 22.0 Å². The van der Waals surface area contributed by atoms with E-state index in [0.29, 0.717) is 40.1 Å². The molecular weight excluding hydrogens is 353 g/mol. The summed E-state index contributed by atoms with van der Waals surface area (Å²) in [4.78, 5) is 8.70. The maximum Gasteiger partial charge on any atom is 0.232 e. The van der Waals surface area contributed by atoms with E-state index in [4.69, 9.17) is 21.6 Å². The van der Waals surface area contributed by atoms with Crippen LogP contribution in [-0.2, 0) is 0 Å². The number of aryl methyl sites for hydroxylation is 1. The molecule has 0 saturated carbocycles. The number of hydrogen-bond acceptors (Lipinski definition) is 4. The molecule has 0 bridgehead atoms. The first-order valence-electron chi connectivity index (χ1n) is 8.18. The highest BCUT2D eigenvalue weighted by Crippen LogP contribution is 2.33. The van der Waals surface area contributed by atoms with Crippen LogP contribution in [0.5, 0.6) is 5.88 Å². The van der Waals surface area contributed by atoms with Crippen LogP contribution >= 0.6 is 11.6 Å². The molecule has 2 heterocycles. The Bertz CT molecular complexity index is 1030. The van der Waals surface area contributed by atoms with Crippen LogP contribution in [0.2, 0.25) is 5.02 Å². The predicted molar refractivity (Wildman–Crippen MR) is 99.7 cm³/mol. The lowest BCUT2D eigenvalue weighted by atomic mass is 10.00. The van der Waals surface area contributed by atoms with Crippen molar-refractivity contribution in [1.82, 2.24) is 9.97 Å². The molecule has 26 heavy (non-hydrogen) atoms. The number of ether oxygens (including phenoxy) is 1. The minimum Gasteiger partial charge on any atom is -0.476 e. The number of pyridine rings is 2. The third-order valence-corrected chi connectivity index (χ3v) is 4.20. The van der Waals surface area contributed by atoms with Crippen molar-refractivity contribution in [2.24, 2.45) is 5.92 Å². The van der Waals surface area contributed by atoms with Gasteiger partial charge in [0.2, 0.25) is 5.88 Å². The van der Waals surface area contributed by atoms with E-state index in [2.05, 4.69) is 9.97 Å². The predicted octanol–water partition coefficient (Wildman–Crippen LogP) is 5.30. The van der Waals surface area contributed by atoms with Gasteiger partial charge in [0.05, 0.1) is 17.9 Å². The SMILES string of the molecule is Cc1cnc(-c2cnc(OCC(C)C)c(Cl)c2)c2cc(F)c(C#N)cc12. The van der Waals surface area contributed by atoms with E-state index in [1.165, 1.54) is 6.07 Å². The third kappa shape index (κ3) is 3.47. The highest BCUT2D eigenvalue weighted by Gasteiger charge is 2.14. The van der Waals surface area contributed by atoms with E-state index < -0.39 is 5.82 Å². The molecule has 0 spiro atoms. The quantitative estimate of drug-likeness (QED) is 0.625. The number of hydrogen-bond donors (Lipinski definition) is 0. The topological polar surface area (TPSA) is 58.8 Å². The minimum absolute atomic E-state index is 0.00587. The van der Waals surface area contributed by atoms with Crippen LogP contribution in [0, 0.1) is 30.0 Å². The summed E-state index contributed by atoms with van der Waals surface area (Å²) >= 11 is 6.29. The van der Waals surface area contributed by atoms with Gasteiger partial charge in [0.1, 0.15) is 16.9 Å². The second-order valence-electron chi connectivity index (χ2n) is 6.50. The van der Waals surface area contributed by atoms with E-state index in [1.807, 2.05) is 26.8 Å². The van der Waals surface area contributed by atoms with Gasteiger partial charge in [0.15, 0.2) is 0 Å². The average Bonchev–Trinajstić information content (AvgIpc) is 2.60. The van der Waals surface area contributed by atoms with Crippen LogP contribution in [0.4, 0.5) is 4.39 Å². The van der Waals surface area contributed by atoms with Gasteiger partial charge in [0, 0.05) is 23.3 Å². The number of rotatable bonds is 4. The number of benzene rings is 1. The molecule has 0 unspecified atom stereocenters. The standard InChI is InChI=1S/C20H17ClFN3O/c1-11(2)10-26-20-17(21)5-14(9-25-20)19-16-6-18(22)13(7-23)4-15(16)12(3)8-24-19/h4-6,8-9,11H,10H2,1-3H3. The fourth-order valence-corrected chi connectivity index (χ4v) is 2.84. The number of aromatic nitrogens is 2. The Balaban J connectivity index is 2.11. The zero-order chi connectivity index (χ0) is 18.8. The molecular formula is C20H17ClFN3O. The van der Waals surface area contributed by atoms with Crippen LogP contribution in [0.1, 0.15) is 25.0 Å². The van der Waals surface area contributed by atoms with Gasteiger partial charge in [-0.25, -0.2) is 9.37 Å². The molecule has 0 fully saturated rings. The summed E-state index contributed by atoms with van der Waals surface area (Å²) in [5, 5.41) is 10.8. The second kappa shape index (κ2) is 7.27. The summed E-state index contributed by atoms with van der Waals surface area (Å²) in [5.41, 5.74) is 2.07. The van der Waals surface area contributed by atoms with Gasteiger partial charge in [0.25, 0.3) is 0 Å². The van der Waals surface area contributed by atoms with Crippen molar-refractivity contribution >= 4 is 22.4 Å². The summed E-state index contributed by atoms with van der Waals surface area (Å²) in [6.07, 6.45) is 3.29. The Hall–Kier alpha value is -2.71. The maximum atomic E-state index is 14.2. The van der Waals surface area contributed by atoms with Gasteiger partial charge in [-0.2, -0.15) is 5.26 Å². The smallest absolute Gasteiger partial charge is 0.232 e. The maximum absolute atomic E-state index is 14.2. The first-order valence-corrected chi connectivity index (χ1v) is 8.56. The monoisotopic (exact) mass is 369 g/mol. The van der Waals surface area contributed by atoms with Gasteiger partial charge < -0.3 is 4.74 Å². The molecule has 3 rings (SSSR count). The van der Waals surface area contributed by atoms with Crippen molar-refractivity contribution in [3.05, 3.63) is 52.6 Å². The molecule has 3 aromatic rings. The van der Waals surface area contributed by atoms with Crippen LogP contribution in [0.3, 0.4) is 0 Å². The van der Waals surface area contributed by atoms with Crippen molar-refractivity contribution in [1.29, 1.82) is 5.26 Å². The molecule has 0 aliphatic rings.